The topological polar surface area (TPSA) is 63.0 Å². The Bertz CT molecular complexity index is 11.5. The molecule has 0 aromatic heterocycles. The normalized spacial score (nSPS) is 0. The molecule has 0 fully saturated rings. The van der Waals surface area contributed by atoms with Gasteiger partial charge in [-0.2, -0.15) is 0 Å². The number of hydrogen-bond donors (Lipinski definition) is 0. The molecular weight excluding hydrogens is 120 g/mol. The zero-order valence-corrected chi connectivity index (χ0v) is 5.98. The Labute approximate surface area is 72.4 Å². The van der Waals surface area contributed by atoms with E-state index >= 15 is 0 Å². The van der Waals surface area contributed by atoms with Crippen LogP contribution in [0, 0.1) is 0 Å². The van der Waals surface area contributed by atoms with Crippen molar-refractivity contribution < 1.29 is 35.5 Å². The maximum absolute atomic E-state index is 0. The summed E-state index contributed by atoms with van der Waals surface area (Å²) in [4.78, 5) is 0. The van der Waals surface area contributed by atoms with Crippen LogP contribution in [-0.4, -0.2) is 48.7 Å². The van der Waals surface area contributed by atoms with Gasteiger partial charge in [0.25, 0.3) is 0 Å². The van der Waals surface area contributed by atoms with Crippen LogP contribution < -0.4 is 0 Å². The summed E-state index contributed by atoms with van der Waals surface area (Å²) in [5.74, 6) is 0. The molecule has 0 aliphatic heterocycles. The van der Waals surface area contributed by atoms with Gasteiger partial charge in [-0.25, -0.2) is 0 Å². The average Bonchev–Trinajstić information content (AvgIpc) is 0. The van der Waals surface area contributed by atoms with Gasteiger partial charge in [0, 0.05) is 21.7 Å². The summed E-state index contributed by atoms with van der Waals surface area (Å²) in [6.07, 6.45) is 0. The summed E-state index contributed by atoms with van der Waals surface area (Å²) < 4.78 is 0. The molecule has 0 spiro atoms. The molecule has 0 atom stereocenters. The number of rotatable bonds is 0. The Kier molecular flexibility index (Phi) is 204. The van der Waals surface area contributed by atoms with Crippen LogP contribution in [0.3, 0.4) is 0 Å². The minimum Gasteiger partial charge on any atom is -1.00 e. The molecule has 0 heterocycles. The van der Waals surface area contributed by atoms with E-state index in [9.17, 15) is 0 Å². The van der Waals surface area contributed by atoms with Gasteiger partial charge < -0.3 is 13.8 Å². The van der Waals surface area contributed by atoms with E-state index in [1.165, 1.54) is 0 Å². The van der Waals surface area contributed by atoms with E-state index in [0.717, 1.165) is 0 Å². The van der Waals surface area contributed by atoms with Crippen molar-refractivity contribution in [2.75, 3.05) is 0 Å². The minimum atomic E-state index is 0. The van der Waals surface area contributed by atoms with Crippen molar-refractivity contribution in [3.8, 4) is 0 Å². The third kappa shape index (κ3) is 9.09. The molecule has 0 saturated carbocycles. The van der Waals surface area contributed by atoms with Crippen LogP contribution in [-0.2, 0) is 21.7 Å². The summed E-state index contributed by atoms with van der Waals surface area (Å²) in [5, 5.41) is 0. The van der Waals surface area contributed by atoms with Crippen molar-refractivity contribution in [1.29, 1.82) is 0 Å². The van der Waals surface area contributed by atoms with Crippen molar-refractivity contribution in [3.63, 3.8) is 0 Å². The molecule has 0 rings (SSSR count). The van der Waals surface area contributed by atoms with Gasteiger partial charge in [-0.1, -0.05) is 0 Å². The summed E-state index contributed by atoms with van der Waals surface area (Å²) in [6.45, 7) is 0. The first-order valence-corrected chi connectivity index (χ1v) is 0. The molecule has 0 aliphatic carbocycles. The second kappa shape index (κ2) is 20.7. The Hall–Kier alpha value is 1.89. The first-order valence-electron chi connectivity index (χ1n) is 0. The van der Waals surface area contributed by atoms with Gasteiger partial charge in [-0.05, 0) is 0 Å². The molecule has 0 bridgehead atoms. The molecule has 2 nitrogen and oxygen atoms in total. The van der Waals surface area contributed by atoms with E-state index in [1.807, 2.05) is 0 Å². The SMILES string of the molecule is O.O.[Ca+2].[H-].[H-].[Ti]. The van der Waals surface area contributed by atoms with E-state index < -0.39 is 0 Å². The van der Waals surface area contributed by atoms with E-state index in [4.69, 9.17) is 0 Å². The zero-order chi connectivity index (χ0) is 0. The molecule has 0 radical (unpaired) electrons. The van der Waals surface area contributed by atoms with Crippen LogP contribution in [0.25, 0.3) is 0 Å². The molecule has 24 valence electrons. The van der Waals surface area contributed by atoms with E-state index in [0.29, 0.717) is 0 Å². The van der Waals surface area contributed by atoms with Crippen molar-refractivity contribution in [3.05, 3.63) is 0 Å². The van der Waals surface area contributed by atoms with Gasteiger partial charge in [0.15, 0.2) is 0 Å². The average molecular weight is 126 g/mol. The van der Waals surface area contributed by atoms with E-state index in [1.54, 1.807) is 0 Å². The van der Waals surface area contributed by atoms with Crippen molar-refractivity contribution in [2.45, 2.75) is 0 Å². The first kappa shape index (κ1) is 39.4. The van der Waals surface area contributed by atoms with Crippen molar-refractivity contribution in [1.82, 2.24) is 0 Å². The molecule has 0 aromatic rings. The van der Waals surface area contributed by atoms with Gasteiger partial charge in [0.1, 0.15) is 0 Å². The quantitative estimate of drug-likeness (QED) is 0.343. The smallest absolute Gasteiger partial charge is 1.00 e. The van der Waals surface area contributed by atoms with Crippen LogP contribution in [0.1, 0.15) is 2.85 Å². The largest absolute Gasteiger partial charge is 2.00 e. The van der Waals surface area contributed by atoms with Crippen molar-refractivity contribution in [2.24, 2.45) is 0 Å². The predicted octanol–water partition coefficient (Wildman–Crippen LogP) is -1.81. The Morgan fingerprint density at radius 1 is 1.00 bits per heavy atom. The molecule has 4 heavy (non-hydrogen) atoms. The maximum Gasteiger partial charge on any atom is 2.00 e. The van der Waals surface area contributed by atoms with Gasteiger partial charge in [-0.15, -0.1) is 0 Å². The molecule has 0 saturated heterocycles. The standard InChI is InChI=1S/Ca.2H2O.Ti.2H/h;2*1H2;;;/q+2;;;;2*-1. The fourth-order valence-electron chi connectivity index (χ4n) is 0. The zero-order valence-electron chi connectivity index (χ0n) is 4.21. The molecule has 4 heteroatoms. The van der Waals surface area contributed by atoms with Gasteiger partial charge in [0.05, 0.1) is 0 Å². The van der Waals surface area contributed by atoms with Crippen LogP contribution in [0.2, 0.25) is 0 Å². The van der Waals surface area contributed by atoms with E-state index in [-0.39, 0.29) is 73.3 Å². The van der Waals surface area contributed by atoms with Gasteiger partial charge >= 0.3 is 37.7 Å². The van der Waals surface area contributed by atoms with Crippen LogP contribution in [0.4, 0.5) is 0 Å². The van der Waals surface area contributed by atoms with Crippen LogP contribution in [0.15, 0.2) is 0 Å². The van der Waals surface area contributed by atoms with Crippen molar-refractivity contribution >= 4 is 37.7 Å². The summed E-state index contributed by atoms with van der Waals surface area (Å²) >= 11 is 0. The third-order valence-corrected chi connectivity index (χ3v) is 0. The van der Waals surface area contributed by atoms with Gasteiger partial charge in [-0.3, -0.25) is 0 Å². The Balaban J connectivity index is 0. The first-order chi connectivity index (χ1) is 0. The minimum absolute atomic E-state index is 0. The molecule has 0 aromatic carbocycles. The molecule has 0 amide bonds. The summed E-state index contributed by atoms with van der Waals surface area (Å²) in [6, 6.07) is 0. The Morgan fingerprint density at radius 3 is 1.00 bits per heavy atom. The monoisotopic (exact) mass is 126 g/mol. The van der Waals surface area contributed by atoms with Crippen LogP contribution >= 0.6 is 0 Å². The third-order valence-electron chi connectivity index (χ3n) is 0. The van der Waals surface area contributed by atoms with Gasteiger partial charge in [0.2, 0.25) is 0 Å². The van der Waals surface area contributed by atoms with E-state index in [2.05, 4.69) is 0 Å². The second-order valence-electron chi connectivity index (χ2n) is 0. The fraction of sp³-hybridized carbons (Fsp3) is 0. The molecule has 0 aliphatic rings. The second-order valence-corrected chi connectivity index (χ2v) is 0. The molecule has 0 unspecified atom stereocenters. The molecule has 4 N–H and O–H groups in total. The summed E-state index contributed by atoms with van der Waals surface area (Å²) in [5.41, 5.74) is 0. The summed E-state index contributed by atoms with van der Waals surface area (Å²) in [7, 11) is 0. The Morgan fingerprint density at radius 2 is 1.00 bits per heavy atom. The predicted molar refractivity (Wildman–Crippen MR) is 15.2 cm³/mol. The maximum atomic E-state index is 0. The fourth-order valence-corrected chi connectivity index (χ4v) is 0. The van der Waals surface area contributed by atoms with Crippen LogP contribution in [0.5, 0.6) is 0 Å². The molecular formula is H6CaO2Ti. The number of hydrogen-bond acceptors (Lipinski definition) is 0.